The number of fused-ring (bicyclic) bond motifs is 1. The van der Waals surface area contributed by atoms with E-state index in [4.69, 9.17) is 10.8 Å². The molecule has 0 saturated carbocycles. The first-order valence-electron chi connectivity index (χ1n) is 4.89. The van der Waals surface area contributed by atoms with Gasteiger partial charge in [-0.25, -0.2) is 4.79 Å². The third kappa shape index (κ3) is 2.13. The number of carboxylic acids is 1. The lowest BCUT2D eigenvalue weighted by atomic mass is 10.0. The van der Waals surface area contributed by atoms with E-state index in [1.165, 1.54) is 12.1 Å². The number of imidazole rings is 1. The number of aromatic hydroxyl groups is 1. The average molecular weight is 237 g/mol. The van der Waals surface area contributed by atoms with Gasteiger partial charge in [-0.1, -0.05) is 0 Å². The fourth-order valence-corrected chi connectivity index (χ4v) is 1.60. The molecular formula is C10H11N3O4. The summed E-state index contributed by atoms with van der Waals surface area (Å²) in [6.07, 6.45) is -0.00961. The van der Waals surface area contributed by atoms with Crippen LogP contribution in [0.4, 0.5) is 0 Å². The number of aromatic nitrogens is 2. The second kappa shape index (κ2) is 3.95. The lowest BCUT2D eigenvalue weighted by Crippen LogP contribution is -2.32. The SMILES string of the molecule is NC(Cc1cc2[nH]c(=O)[nH]c2cc1O)C(=O)O. The van der Waals surface area contributed by atoms with E-state index >= 15 is 0 Å². The van der Waals surface area contributed by atoms with E-state index in [-0.39, 0.29) is 17.9 Å². The van der Waals surface area contributed by atoms with Gasteiger partial charge in [-0.15, -0.1) is 0 Å². The van der Waals surface area contributed by atoms with E-state index < -0.39 is 12.0 Å². The number of H-pyrrole nitrogens is 2. The molecule has 2 aromatic rings. The molecule has 1 aromatic carbocycles. The number of aliphatic carboxylic acids is 1. The molecule has 0 aliphatic rings. The molecule has 6 N–H and O–H groups in total. The van der Waals surface area contributed by atoms with Crippen molar-refractivity contribution in [2.45, 2.75) is 12.5 Å². The first-order chi connectivity index (χ1) is 7.97. The van der Waals surface area contributed by atoms with E-state index in [9.17, 15) is 14.7 Å². The van der Waals surface area contributed by atoms with Crippen LogP contribution < -0.4 is 11.4 Å². The summed E-state index contributed by atoms with van der Waals surface area (Å²) in [6, 6.07) is 1.77. The van der Waals surface area contributed by atoms with Crippen molar-refractivity contribution in [2.24, 2.45) is 5.73 Å². The standard InChI is InChI=1S/C10H11N3O4/c11-5(9(15)16)1-4-2-6-7(3-8(4)14)13-10(17)12-6/h2-3,5,14H,1,11H2,(H,15,16)(H2,12,13,17). The number of hydrogen-bond acceptors (Lipinski definition) is 4. The maximum absolute atomic E-state index is 11.0. The summed E-state index contributed by atoms with van der Waals surface area (Å²) >= 11 is 0. The van der Waals surface area contributed by atoms with Crippen molar-refractivity contribution in [3.63, 3.8) is 0 Å². The number of phenolic OH excluding ortho intramolecular Hbond substituents is 1. The smallest absolute Gasteiger partial charge is 0.323 e. The summed E-state index contributed by atoms with van der Waals surface area (Å²) < 4.78 is 0. The number of nitrogens with one attached hydrogen (secondary N) is 2. The molecular weight excluding hydrogens is 226 g/mol. The summed E-state index contributed by atoms with van der Waals surface area (Å²) in [5.74, 6) is -1.24. The van der Waals surface area contributed by atoms with Gasteiger partial charge in [0.25, 0.3) is 0 Å². The van der Waals surface area contributed by atoms with Crippen molar-refractivity contribution in [2.75, 3.05) is 0 Å². The third-order valence-electron chi connectivity index (χ3n) is 2.47. The summed E-state index contributed by atoms with van der Waals surface area (Å²) in [5, 5.41) is 18.3. The minimum absolute atomic E-state index is 0.00961. The van der Waals surface area contributed by atoms with Crippen molar-refractivity contribution in [1.29, 1.82) is 0 Å². The van der Waals surface area contributed by atoms with Gasteiger partial charge in [0.2, 0.25) is 0 Å². The molecule has 0 saturated heterocycles. The van der Waals surface area contributed by atoms with Crippen LogP contribution in [-0.4, -0.2) is 32.2 Å². The molecule has 1 unspecified atom stereocenters. The predicted octanol–water partition coefficient (Wildman–Crippen LogP) is -0.484. The molecule has 2 rings (SSSR count). The van der Waals surface area contributed by atoms with Gasteiger partial charge in [0.1, 0.15) is 11.8 Å². The van der Waals surface area contributed by atoms with E-state index in [2.05, 4.69) is 9.97 Å². The Bertz CT molecular complexity index is 628. The van der Waals surface area contributed by atoms with Crippen LogP contribution in [0.15, 0.2) is 16.9 Å². The van der Waals surface area contributed by atoms with Crippen molar-refractivity contribution in [3.05, 3.63) is 28.2 Å². The van der Waals surface area contributed by atoms with Crippen LogP contribution in [0.1, 0.15) is 5.56 Å². The Hall–Kier alpha value is -2.28. The topological polar surface area (TPSA) is 132 Å². The highest BCUT2D eigenvalue weighted by atomic mass is 16.4. The fourth-order valence-electron chi connectivity index (χ4n) is 1.60. The second-order valence-corrected chi connectivity index (χ2v) is 3.75. The maximum Gasteiger partial charge on any atom is 0.323 e. The van der Waals surface area contributed by atoms with Crippen molar-refractivity contribution in [3.8, 4) is 5.75 Å². The zero-order chi connectivity index (χ0) is 12.6. The van der Waals surface area contributed by atoms with Gasteiger partial charge in [-0.05, 0) is 11.6 Å². The van der Waals surface area contributed by atoms with Crippen molar-refractivity contribution < 1.29 is 15.0 Å². The molecule has 7 heteroatoms. The first kappa shape index (κ1) is 11.2. The summed E-state index contributed by atoms with van der Waals surface area (Å²) in [7, 11) is 0. The highest BCUT2D eigenvalue weighted by molar-refractivity contribution is 5.78. The van der Waals surface area contributed by atoms with E-state index in [0.717, 1.165) is 0 Å². The number of phenols is 1. The Morgan fingerprint density at radius 1 is 1.35 bits per heavy atom. The number of nitrogens with two attached hydrogens (primary N) is 1. The number of aromatic amines is 2. The molecule has 1 atom stereocenters. The Kier molecular flexibility index (Phi) is 2.60. The molecule has 0 bridgehead atoms. The van der Waals surface area contributed by atoms with E-state index in [1.807, 2.05) is 0 Å². The fraction of sp³-hybridized carbons (Fsp3) is 0.200. The molecule has 0 aliphatic heterocycles. The van der Waals surface area contributed by atoms with Gasteiger partial charge in [0.05, 0.1) is 11.0 Å². The molecule has 0 aliphatic carbocycles. The van der Waals surface area contributed by atoms with Crippen molar-refractivity contribution >= 4 is 17.0 Å². The summed E-state index contributed by atoms with van der Waals surface area (Å²) in [5.41, 5.74) is 6.32. The van der Waals surface area contributed by atoms with Gasteiger partial charge in [-0.3, -0.25) is 4.79 Å². The largest absolute Gasteiger partial charge is 0.508 e. The maximum atomic E-state index is 11.0. The van der Waals surface area contributed by atoms with Crippen LogP contribution in [-0.2, 0) is 11.2 Å². The van der Waals surface area contributed by atoms with Gasteiger partial charge in [-0.2, -0.15) is 0 Å². The zero-order valence-electron chi connectivity index (χ0n) is 8.73. The Morgan fingerprint density at radius 2 is 1.94 bits per heavy atom. The monoisotopic (exact) mass is 237 g/mol. The lowest BCUT2D eigenvalue weighted by molar-refractivity contribution is -0.138. The molecule has 0 spiro atoms. The molecule has 17 heavy (non-hydrogen) atoms. The first-order valence-corrected chi connectivity index (χ1v) is 4.89. The molecule has 1 heterocycles. The normalized spacial score (nSPS) is 12.8. The van der Waals surface area contributed by atoms with Crippen LogP contribution >= 0.6 is 0 Å². The molecule has 7 nitrogen and oxygen atoms in total. The number of carbonyl (C=O) groups is 1. The van der Waals surface area contributed by atoms with E-state index in [0.29, 0.717) is 16.6 Å². The third-order valence-corrected chi connectivity index (χ3v) is 2.47. The molecule has 90 valence electrons. The molecule has 0 radical (unpaired) electrons. The highest BCUT2D eigenvalue weighted by Gasteiger charge is 2.15. The van der Waals surface area contributed by atoms with Gasteiger partial charge in [0, 0.05) is 12.5 Å². The van der Waals surface area contributed by atoms with Gasteiger partial charge in [0.15, 0.2) is 0 Å². The van der Waals surface area contributed by atoms with Gasteiger partial charge < -0.3 is 25.9 Å². The highest BCUT2D eigenvalue weighted by Crippen LogP contribution is 2.23. The van der Waals surface area contributed by atoms with E-state index in [1.54, 1.807) is 0 Å². The minimum atomic E-state index is -1.15. The van der Waals surface area contributed by atoms with Crippen molar-refractivity contribution in [1.82, 2.24) is 9.97 Å². The average Bonchev–Trinajstić information content (AvgIpc) is 2.57. The molecule has 0 fully saturated rings. The number of hydrogen-bond donors (Lipinski definition) is 5. The number of benzene rings is 1. The number of carboxylic acid groups (broad SMARTS) is 1. The van der Waals surface area contributed by atoms with Crippen LogP contribution in [0.3, 0.4) is 0 Å². The predicted molar refractivity (Wildman–Crippen MR) is 59.9 cm³/mol. The van der Waals surface area contributed by atoms with Gasteiger partial charge >= 0.3 is 11.7 Å². The quantitative estimate of drug-likeness (QED) is 0.491. The summed E-state index contributed by atoms with van der Waals surface area (Å²) in [4.78, 5) is 26.6. The van der Waals surface area contributed by atoms with Crippen LogP contribution in [0.2, 0.25) is 0 Å². The second-order valence-electron chi connectivity index (χ2n) is 3.75. The van der Waals surface area contributed by atoms with Crippen LogP contribution in [0, 0.1) is 0 Å². The zero-order valence-corrected chi connectivity index (χ0v) is 8.73. The Balaban J connectivity index is 2.43. The minimum Gasteiger partial charge on any atom is -0.508 e. The van der Waals surface area contributed by atoms with Crippen LogP contribution in [0.5, 0.6) is 5.75 Å². The molecule has 0 amide bonds. The lowest BCUT2D eigenvalue weighted by Gasteiger charge is -2.08. The molecule has 1 aromatic heterocycles. The van der Waals surface area contributed by atoms with Crippen LogP contribution in [0.25, 0.3) is 11.0 Å². The summed E-state index contributed by atoms with van der Waals surface area (Å²) in [6.45, 7) is 0. The Labute approximate surface area is 94.9 Å². The Morgan fingerprint density at radius 3 is 2.53 bits per heavy atom. The number of rotatable bonds is 3.